The number of nitrogens with zero attached hydrogens (tertiary/aromatic N) is 1. The lowest BCUT2D eigenvalue weighted by molar-refractivity contribution is -0.123. The summed E-state index contributed by atoms with van der Waals surface area (Å²) in [6, 6.07) is 4.40. The summed E-state index contributed by atoms with van der Waals surface area (Å²) in [7, 11) is 1.63. The number of carbonyl (C=O) groups excluding carboxylic acids is 2. The second-order valence-electron chi connectivity index (χ2n) is 4.14. The van der Waals surface area contributed by atoms with Crippen LogP contribution in [-0.2, 0) is 9.59 Å². The highest BCUT2D eigenvalue weighted by Crippen LogP contribution is 2.29. The predicted molar refractivity (Wildman–Crippen MR) is 76.4 cm³/mol. The molecule has 0 saturated carbocycles. The first kappa shape index (κ1) is 15.8. The van der Waals surface area contributed by atoms with Crippen LogP contribution in [0.2, 0.25) is 10.0 Å². The van der Waals surface area contributed by atoms with E-state index >= 15 is 0 Å². The van der Waals surface area contributed by atoms with Gasteiger partial charge in [0.05, 0.1) is 28.3 Å². The van der Waals surface area contributed by atoms with E-state index in [9.17, 15) is 9.59 Å². The smallest absolute Gasteiger partial charge is 0.238 e. The molecular weight excluding hydrogens is 289 g/mol. The van der Waals surface area contributed by atoms with Crippen LogP contribution in [0.5, 0.6) is 0 Å². The Bertz CT molecular complexity index is 474. The third-order valence-electron chi connectivity index (χ3n) is 2.69. The molecule has 7 heteroatoms. The second kappa shape index (κ2) is 6.75. The molecule has 0 aliphatic heterocycles. The van der Waals surface area contributed by atoms with Gasteiger partial charge in [-0.25, -0.2) is 0 Å². The number of likely N-dealkylation sites (N-methyl/N-ethyl adjacent to an activating group) is 1. The van der Waals surface area contributed by atoms with Crippen molar-refractivity contribution in [2.24, 2.45) is 5.73 Å². The van der Waals surface area contributed by atoms with Gasteiger partial charge >= 0.3 is 0 Å². The number of hydrogen-bond acceptors (Lipinski definition) is 3. The number of nitrogens with two attached hydrogens (primary N) is 1. The Balaban J connectivity index is 2.68. The van der Waals surface area contributed by atoms with Crippen LogP contribution in [0.25, 0.3) is 0 Å². The number of anilines is 1. The van der Waals surface area contributed by atoms with Crippen LogP contribution in [0.15, 0.2) is 18.2 Å². The van der Waals surface area contributed by atoms with Gasteiger partial charge in [0, 0.05) is 0 Å². The number of nitrogens with one attached hydrogen (secondary N) is 1. The average molecular weight is 304 g/mol. The molecule has 1 rings (SSSR count). The van der Waals surface area contributed by atoms with Crippen LogP contribution >= 0.6 is 23.2 Å². The molecule has 0 saturated heterocycles. The van der Waals surface area contributed by atoms with Gasteiger partial charge in [-0.2, -0.15) is 0 Å². The number of rotatable bonds is 5. The van der Waals surface area contributed by atoms with Crippen molar-refractivity contribution in [3.8, 4) is 0 Å². The molecule has 3 N–H and O–H groups in total. The van der Waals surface area contributed by atoms with E-state index < -0.39 is 11.9 Å². The van der Waals surface area contributed by atoms with Crippen LogP contribution in [0.1, 0.15) is 6.92 Å². The van der Waals surface area contributed by atoms with Gasteiger partial charge in [0.25, 0.3) is 0 Å². The number of halogens is 2. The van der Waals surface area contributed by atoms with Crippen molar-refractivity contribution in [2.75, 3.05) is 18.9 Å². The number of para-hydroxylation sites is 1. The average Bonchev–Trinajstić information content (AvgIpc) is 2.32. The molecule has 0 bridgehead atoms. The fourth-order valence-electron chi connectivity index (χ4n) is 1.38. The largest absolute Gasteiger partial charge is 0.368 e. The van der Waals surface area contributed by atoms with Gasteiger partial charge in [0.2, 0.25) is 11.8 Å². The van der Waals surface area contributed by atoms with E-state index in [4.69, 9.17) is 28.9 Å². The summed E-state index contributed by atoms with van der Waals surface area (Å²) >= 11 is 11.9. The first-order chi connectivity index (χ1) is 8.82. The van der Waals surface area contributed by atoms with Crippen molar-refractivity contribution in [3.05, 3.63) is 28.2 Å². The van der Waals surface area contributed by atoms with E-state index in [2.05, 4.69) is 5.32 Å². The molecule has 0 aromatic heterocycles. The molecule has 19 heavy (non-hydrogen) atoms. The summed E-state index contributed by atoms with van der Waals surface area (Å²) in [6.45, 7) is 1.63. The number of benzene rings is 1. The van der Waals surface area contributed by atoms with Gasteiger partial charge in [0.15, 0.2) is 0 Å². The van der Waals surface area contributed by atoms with E-state index in [1.54, 1.807) is 32.2 Å². The Hall–Kier alpha value is -1.30. The normalized spacial score (nSPS) is 12.3. The summed E-state index contributed by atoms with van der Waals surface area (Å²) in [5, 5.41) is 3.31. The van der Waals surface area contributed by atoms with Gasteiger partial charge in [-0.1, -0.05) is 29.3 Å². The van der Waals surface area contributed by atoms with E-state index in [1.807, 2.05) is 0 Å². The van der Waals surface area contributed by atoms with Crippen molar-refractivity contribution in [1.82, 2.24) is 4.90 Å². The molecule has 0 aliphatic carbocycles. The highest BCUT2D eigenvalue weighted by molar-refractivity contribution is 6.39. The zero-order valence-corrected chi connectivity index (χ0v) is 12.1. The quantitative estimate of drug-likeness (QED) is 0.870. The van der Waals surface area contributed by atoms with Crippen molar-refractivity contribution < 1.29 is 9.59 Å². The fourth-order valence-corrected chi connectivity index (χ4v) is 1.87. The number of hydrogen-bond donors (Lipinski definition) is 2. The van der Waals surface area contributed by atoms with E-state index in [0.717, 1.165) is 0 Å². The Morgan fingerprint density at radius 2 is 1.89 bits per heavy atom. The maximum absolute atomic E-state index is 11.8. The number of primary amides is 1. The topological polar surface area (TPSA) is 75.4 Å². The lowest BCUT2D eigenvalue weighted by atomic mass is 10.2. The van der Waals surface area contributed by atoms with Gasteiger partial charge < -0.3 is 11.1 Å². The Labute approximate surface area is 121 Å². The first-order valence-corrected chi connectivity index (χ1v) is 6.32. The lowest BCUT2D eigenvalue weighted by Gasteiger charge is -2.21. The molecule has 0 radical (unpaired) electrons. The van der Waals surface area contributed by atoms with E-state index in [0.29, 0.717) is 15.7 Å². The third kappa shape index (κ3) is 4.38. The van der Waals surface area contributed by atoms with Crippen LogP contribution in [0.3, 0.4) is 0 Å². The third-order valence-corrected chi connectivity index (χ3v) is 3.32. The number of amides is 2. The van der Waals surface area contributed by atoms with Crippen molar-refractivity contribution in [2.45, 2.75) is 13.0 Å². The molecule has 5 nitrogen and oxygen atoms in total. The van der Waals surface area contributed by atoms with Crippen LogP contribution < -0.4 is 11.1 Å². The second-order valence-corrected chi connectivity index (χ2v) is 4.95. The molecular formula is C12H15Cl2N3O2. The minimum absolute atomic E-state index is 0.00561. The summed E-state index contributed by atoms with van der Waals surface area (Å²) in [5.41, 5.74) is 5.52. The lowest BCUT2D eigenvalue weighted by Crippen LogP contribution is -2.43. The highest BCUT2D eigenvalue weighted by Gasteiger charge is 2.18. The minimum atomic E-state index is -0.535. The predicted octanol–water partition coefficient (Wildman–Crippen LogP) is 1.74. The molecule has 1 aromatic carbocycles. The monoisotopic (exact) mass is 303 g/mol. The van der Waals surface area contributed by atoms with Crippen LogP contribution in [0, 0.1) is 0 Å². The standard InChI is InChI=1S/C12H15Cl2N3O2/c1-7(12(15)19)17(2)6-10(18)16-11-8(13)4-3-5-9(11)14/h3-5,7H,6H2,1-2H3,(H2,15,19)(H,16,18)/t7-/m0/s1. The van der Waals surface area contributed by atoms with Gasteiger partial charge in [0.1, 0.15) is 0 Å². The zero-order valence-electron chi connectivity index (χ0n) is 10.6. The fraction of sp³-hybridized carbons (Fsp3) is 0.333. The molecule has 0 fully saturated rings. The van der Waals surface area contributed by atoms with Crippen LogP contribution in [0.4, 0.5) is 5.69 Å². The highest BCUT2D eigenvalue weighted by atomic mass is 35.5. The van der Waals surface area contributed by atoms with Crippen molar-refractivity contribution in [3.63, 3.8) is 0 Å². The van der Waals surface area contributed by atoms with Gasteiger partial charge in [-0.15, -0.1) is 0 Å². The van der Waals surface area contributed by atoms with Gasteiger partial charge in [-0.3, -0.25) is 14.5 Å². The molecule has 0 unspecified atom stereocenters. The summed E-state index contributed by atoms with van der Waals surface area (Å²) in [6.07, 6.45) is 0. The summed E-state index contributed by atoms with van der Waals surface area (Å²) < 4.78 is 0. The van der Waals surface area contributed by atoms with E-state index in [-0.39, 0.29) is 12.5 Å². The summed E-state index contributed by atoms with van der Waals surface area (Å²) in [5.74, 6) is -0.823. The van der Waals surface area contributed by atoms with Gasteiger partial charge in [-0.05, 0) is 26.1 Å². The maximum atomic E-state index is 11.8. The Morgan fingerprint density at radius 1 is 1.37 bits per heavy atom. The molecule has 104 valence electrons. The molecule has 2 amide bonds. The molecule has 0 spiro atoms. The van der Waals surface area contributed by atoms with E-state index in [1.165, 1.54) is 4.90 Å². The van der Waals surface area contributed by atoms with Crippen molar-refractivity contribution >= 4 is 40.7 Å². The molecule has 0 aliphatic rings. The summed E-state index contributed by atoms with van der Waals surface area (Å²) in [4.78, 5) is 24.4. The maximum Gasteiger partial charge on any atom is 0.238 e. The molecule has 1 aromatic rings. The SMILES string of the molecule is C[C@@H](C(N)=O)N(C)CC(=O)Nc1c(Cl)cccc1Cl. The van der Waals surface area contributed by atoms with Crippen LogP contribution in [-0.4, -0.2) is 36.3 Å². The zero-order chi connectivity index (χ0) is 14.6. The number of carbonyl (C=O) groups is 2. The Morgan fingerprint density at radius 3 is 2.37 bits per heavy atom. The minimum Gasteiger partial charge on any atom is -0.368 e. The first-order valence-electron chi connectivity index (χ1n) is 5.56. The molecule has 0 heterocycles. The van der Waals surface area contributed by atoms with Crippen molar-refractivity contribution in [1.29, 1.82) is 0 Å². The molecule has 1 atom stereocenters. The Kier molecular flexibility index (Phi) is 5.60.